The van der Waals surface area contributed by atoms with E-state index in [4.69, 9.17) is 4.74 Å². The van der Waals surface area contributed by atoms with Crippen molar-refractivity contribution in [3.05, 3.63) is 30.3 Å². The van der Waals surface area contributed by atoms with Crippen molar-refractivity contribution < 1.29 is 14.4 Å². The van der Waals surface area contributed by atoms with Gasteiger partial charge in [0.1, 0.15) is 13.1 Å². The van der Waals surface area contributed by atoms with E-state index in [0.717, 1.165) is 63.2 Å². The molecule has 144 valence electrons. The van der Waals surface area contributed by atoms with E-state index < -0.39 is 0 Å². The molecule has 27 heavy (non-hydrogen) atoms. The summed E-state index contributed by atoms with van der Waals surface area (Å²) in [5.41, 5.74) is 0.944. The minimum Gasteiger partial charge on any atom is -0.370 e. The van der Waals surface area contributed by atoms with E-state index in [2.05, 4.69) is 15.5 Å². The number of benzene rings is 1. The number of amides is 1. The van der Waals surface area contributed by atoms with Gasteiger partial charge in [-0.05, 0) is 29.0 Å². The minimum absolute atomic E-state index is 0.244. The zero-order valence-electron chi connectivity index (χ0n) is 15.3. The number of quaternary nitrogens is 1. The Morgan fingerprint density at radius 1 is 1.22 bits per heavy atom. The lowest BCUT2D eigenvalue weighted by atomic mass is 10.3. The molecule has 0 spiro atoms. The van der Waals surface area contributed by atoms with E-state index in [-0.39, 0.29) is 11.2 Å². The third-order valence-electron chi connectivity index (χ3n) is 5.03. The molecule has 2 saturated heterocycles. The second-order valence-electron chi connectivity index (χ2n) is 6.96. The number of carbonyl (C=O) groups is 1. The van der Waals surface area contributed by atoms with Crippen molar-refractivity contribution in [1.29, 1.82) is 0 Å². The highest BCUT2D eigenvalue weighted by Crippen LogP contribution is 2.24. The van der Waals surface area contributed by atoms with E-state index in [0.29, 0.717) is 6.42 Å². The monoisotopic (exact) mass is 389 g/mol. The fraction of sp³-hybridized carbons (Fsp3) is 0.556. The zero-order chi connectivity index (χ0) is 18.5. The number of nitrogens with zero attached hydrogens (tertiary/aromatic N) is 5. The summed E-state index contributed by atoms with van der Waals surface area (Å²) in [5.74, 6) is 0.264. The fourth-order valence-electron chi connectivity index (χ4n) is 3.61. The second kappa shape index (κ2) is 8.81. The van der Waals surface area contributed by atoms with Crippen molar-refractivity contribution in [3.8, 4) is 5.69 Å². The van der Waals surface area contributed by atoms with Gasteiger partial charge in [-0.2, -0.15) is 4.68 Å². The molecule has 2 aliphatic rings. The summed E-state index contributed by atoms with van der Waals surface area (Å²) >= 11 is 1.67. The molecule has 0 aliphatic carbocycles. The van der Waals surface area contributed by atoms with Crippen molar-refractivity contribution in [3.63, 3.8) is 0 Å². The van der Waals surface area contributed by atoms with Crippen LogP contribution in [0.3, 0.4) is 0 Å². The van der Waals surface area contributed by atoms with Crippen LogP contribution in [0.15, 0.2) is 35.5 Å². The number of nitrogens with one attached hydrogen (secondary N) is 1. The molecular weight excluding hydrogens is 364 g/mol. The molecule has 1 atom stereocenters. The first kappa shape index (κ1) is 18.4. The smallest absolute Gasteiger partial charge is 0.222 e. The van der Waals surface area contributed by atoms with Crippen LogP contribution in [0.4, 0.5) is 0 Å². The van der Waals surface area contributed by atoms with E-state index in [1.807, 2.05) is 35.2 Å². The van der Waals surface area contributed by atoms with Crippen molar-refractivity contribution in [2.45, 2.75) is 23.2 Å². The maximum Gasteiger partial charge on any atom is 0.222 e. The van der Waals surface area contributed by atoms with Gasteiger partial charge < -0.3 is 14.5 Å². The first-order chi connectivity index (χ1) is 13.3. The number of hydrogen-bond acceptors (Lipinski definition) is 6. The highest BCUT2D eigenvalue weighted by Gasteiger charge is 2.29. The van der Waals surface area contributed by atoms with Crippen molar-refractivity contribution in [1.82, 2.24) is 25.1 Å². The molecule has 0 saturated carbocycles. The number of para-hydroxylation sites is 1. The zero-order valence-corrected chi connectivity index (χ0v) is 16.1. The molecule has 2 fully saturated rings. The first-order valence-electron chi connectivity index (χ1n) is 9.49. The van der Waals surface area contributed by atoms with Crippen molar-refractivity contribution in [2.75, 3.05) is 45.9 Å². The molecule has 0 radical (unpaired) electrons. The van der Waals surface area contributed by atoms with Gasteiger partial charge in [0.05, 0.1) is 30.7 Å². The topological polar surface area (TPSA) is 77.6 Å². The number of morpholine rings is 1. The standard InChI is InChI=1S/C18H24N6O2S/c25-17-7-4-8-23(17)14-16(13-22-9-11-26-12-10-22)27-18-19-20-21-24(18)15-5-2-1-3-6-15/h1-3,5-6,16H,4,7-14H2/p+1/t16-/m1/s1. The number of ether oxygens (including phenoxy) is 1. The Balaban J connectivity index is 1.50. The second-order valence-corrected chi connectivity index (χ2v) is 8.23. The predicted molar refractivity (Wildman–Crippen MR) is 101 cm³/mol. The first-order valence-corrected chi connectivity index (χ1v) is 10.4. The maximum atomic E-state index is 12.1. The van der Waals surface area contributed by atoms with Crippen LogP contribution in [0.1, 0.15) is 12.8 Å². The summed E-state index contributed by atoms with van der Waals surface area (Å²) in [6.45, 7) is 6.20. The molecule has 2 aliphatic heterocycles. The Bertz CT molecular complexity index is 749. The predicted octanol–water partition coefficient (Wildman–Crippen LogP) is -0.339. The quantitative estimate of drug-likeness (QED) is 0.653. The number of rotatable bonds is 7. The van der Waals surface area contributed by atoms with E-state index >= 15 is 0 Å². The molecule has 9 heteroatoms. The molecule has 1 aromatic heterocycles. The van der Waals surface area contributed by atoms with Crippen LogP contribution in [0, 0.1) is 0 Å². The Morgan fingerprint density at radius 2 is 2.04 bits per heavy atom. The van der Waals surface area contributed by atoms with Gasteiger partial charge in [-0.3, -0.25) is 4.79 Å². The maximum absolute atomic E-state index is 12.1. The molecule has 8 nitrogen and oxygen atoms in total. The number of hydrogen-bond donors (Lipinski definition) is 1. The number of carbonyl (C=O) groups excluding carboxylic acids is 1. The van der Waals surface area contributed by atoms with Gasteiger partial charge in [0.25, 0.3) is 0 Å². The average molecular weight is 390 g/mol. The van der Waals surface area contributed by atoms with Crippen LogP contribution in [0.5, 0.6) is 0 Å². The normalized spacial score (nSPS) is 19.6. The number of thioether (sulfide) groups is 1. The summed E-state index contributed by atoms with van der Waals surface area (Å²) in [5, 5.41) is 13.3. The van der Waals surface area contributed by atoms with Crippen LogP contribution < -0.4 is 4.90 Å². The SMILES string of the molecule is O=C1CCCN1C[C@@H](C[NH+]1CCOCC1)Sc1nnnn1-c1ccccc1. The minimum atomic E-state index is 0.244. The third-order valence-corrected chi connectivity index (χ3v) is 6.14. The van der Waals surface area contributed by atoms with Crippen LogP contribution >= 0.6 is 11.8 Å². The lowest BCUT2D eigenvalue weighted by Crippen LogP contribution is -3.15. The van der Waals surface area contributed by atoms with Crippen LogP contribution in [0.25, 0.3) is 5.69 Å². The summed E-state index contributed by atoms with van der Waals surface area (Å²) in [4.78, 5) is 15.6. The molecular formula is C18H25N6O2S+. The molecule has 4 rings (SSSR count). The number of aromatic nitrogens is 4. The van der Waals surface area contributed by atoms with Gasteiger partial charge in [0, 0.05) is 19.5 Å². The fourth-order valence-corrected chi connectivity index (χ4v) is 4.80. The summed E-state index contributed by atoms with van der Waals surface area (Å²) < 4.78 is 7.26. The molecule has 1 N–H and O–H groups in total. The van der Waals surface area contributed by atoms with Crippen LogP contribution in [0.2, 0.25) is 0 Å². The summed E-state index contributed by atoms with van der Waals surface area (Å²) in [6, 6.07) is 9.91. The molecule has 0 unspecified atom stereocenters. The van der Waals surface area contributed by atoms with Gasteiger partial charge >= 0.3 is 0 Å². The van der Waals surface area contributed by atoms with Crippen LogP contribution in [-0.2, 0) is 9.53 Å². The molecule has 0 bridgehead atoms. The Labute approximate surface area is 162 Å². The lowest BCUT2D eigenvalue weighted by molar-refractivity contribution is -0.907. The summed E-state index contributed by atoms with van der Waals surface area (Å²) in [7, 11) is 0. The Morgan fingerprint density at radius 3 is 2.78 bits per heavy atom. The van der Waals surface area contributed by atoms with E-state index in [1.54, 1.807) is 16.4 Å². The number of tetrazole rings is 1. The molecule has 3 heterocycles. The van der Waals surface area contributed by atoms with Crippen molar-refractivity contribution in [2.24, 2.45) is 0 Å². The van der Waals surface area contributed by atoms with Crippen molar-refractivity contribution >= 4 is 17.7 Å². The highest BCUT2D eigenvalue weighted by molar-refractivity contribution is 7.99. The van der Waals surface area contributed by atoms with Gasteiger partial charge in [0.2, 0.25) is 11.1 Å². The average Bonchev–Trinajstić information content (AvgIpc) is 3.32. The van der Waals surface area contributed by atoms with Gasteiger partial charge in [0.15, 0.2) is 0 Å². The lowest BCUT2D eigenvalue weighted by Gasteiger charge is -2.29. The largest absolute Gasteiger partial charge is 0.370 e. The van der Waals surface area contributed by atoms with Gasteiger partial charge in [-0.1, -0.05) is 30.0 Å². The van der Waals surface area contributed by atoms with Gasteiger partial charge in [-0.15, -0.1) is 5.10 Å². The Kier molecular flexibility index (Phi) is 6.00. The van der Waals surface area contributed by atoms with E-state index in [1.165, 1.54) is 4.90 Å². The third kappa shape index (κ3) is 4.66. The molecule has 1 amide bonds. The van der Waals surface area contributed by atoms with Crippen LogP contribution in [-0.4, -0.2) is 82.2 Å². The summed E-state index contributed by atoms with van der Waals surface area (Å²) in [6.07, 6.45) is 1.63. The molecule has 2 aromatic rings. The van der Waals surface area contributed by atoms with Gasteiger partial charge in [-0.25, -0.2) is 0 Å². The number of likely N-dealkylation sites (tertiary alicyclic amines) is 1. The highest BCUT2D eigenvalue weighted by atomic mass is 32.2. The van der Waals surface area contributed by atoms with E-state index in [9.17, 15) is 4.79 Å². The Hall–Kier alpha value is -1.97. The molecule has 1 aromatic carbocycles.